The predicted octanol–water partition coefficient (Wildman–Crippen LogP) is 1.55. The topological polar surface area (TPSA) is 67.4 Å². The molecule has 110 valence electrons. The Morgan fingerprint density at radius 2 is 2.30 bits per heavy atom. The van der Waals surface area contributed by atoms with Gasteiger partial charge in [0.2, 0.25) is 0 Å². The summed E-state index contributed by atoms with van der Waals surface area (Å²) < 4.78 is 5.58. The maximum atomic E-state index is 12.4. The van der Waals surface area contributed by atoms with Gasteiger partial charge < -0.3 is 15.0 Å². The molecule has 1 aliphatic rings. The zero-order chi connectivity index (χ0) is 14.4. The lowest BCUT2D eigenvalue weighted by atomic mass is 10.2. The lowest BCUT2D eigenvalue weighted by Gasteiger charge is -2.23. The molecule has 1 unspecified atom stereocenters. The van der Waals surface area contributed by atoms with Gasteiger partial charge in [-0.05, 0) is 38.8 Å². The van der Waals surface area contributed by atoms with E-state index in [9.17, 15) is 4.79 Å². The van der Waals surface area contributed by atoms with Gasteiger partial charge in [-0.1, -0.05) is 0 Å². The largest absolute Gasteiger partial charge is 0.376 e. The molecule has 1 amide bonds. The molecule has 0 spiro atoms. The summed E-state index contributed by atoms with van der Waals surface area (Å²) in [4.78, 5) is 14.2. The second kappa shape index (κ2) is 7.19. The summed E-state index contributed by atoms with van der Waals surface area (Å²) in [6.07, 6.45) is 2.26. The van der Waals surface area contributed by atoms with Gasteiger partial charge in [0.1, 0.15) is 5.82 Å². The van der Waals surface area contributed by atoms with Crippen molar-refractivity contribution < 1.29 is 9.53 Å². The van der Waals surface area contributed by atoms with E-state index in [1.165, 1.54) is 0 Å². The Kier molecular flexibility index (Phi) is 5.29. The van der Waals surface area contributed by atoms with Gasteiger partial charge in [-0.2, -0.15) is 0 Å². The number of rotatable bonds is 6. The van der Waals surface area contributed by atoms with E-state index in [0.29, 0.717) is 24.6 Å². The fraction of sp³-hybridized carbons (Fsp3) is 0.643. The van der Waals surface area contributed by atoms with Gasteiger partial charge in [-0.3, -0.25) is 4.79 Å². The van der Waals surface area contributed by atoms with Crippen molar-refractivity contribution in [1.82, 2.24) is 15.1 Å². The number of ether oxygens (including phenoxy) is 1. The number of nitrogens with zero attached hydrogens (tertiary/aromatic N) is 3. The van der Waals surface area contributed by atoms with Crippen LogP contribution in [-0.4, -0.2) is 53.3 Å². The van der Waals surface area contributed by atoms with Crippen molar-refractivity contribution in [1.29, 1.82) is 0 Å². The lowest BCUT2D eigenvalue weighted by Crippen LogP contribution is -2.37. The average molecular weight is 278 g/mol. The van der Waals surface area contributed by atoms with E-state index in [0.717, 1.165) is 26.0 Å². The third-order valence-electron chi connectivity index (χ3n) is 3.36. The molecular formula is C14H22N4O2. The average Bonchev–Trinajstić information content (AvgIpc) is 2.98. The van der Waals surface area contributed by atoms with E-state index in [2.05, 4.69) is 15.5 Å². The molecule has 0 saturated carbocycles. The molecule has 1 atom stereocenters. The Hall–Kier alpha value is -1.69. The van der Waals surface area contributed by atoms with Crippen molar-refractivity contribution in [2.24, 2.45) is 0 Å². The first kappa shape index (κ1) is 14.7. The normalized spacial score (nSPS) is 18.0. The third kappa shape index (κ3) is 3.66. The van der Waals surface area contributed by atoms with E-state index in [1.807, 2.05) is 13.8 Å². The van der Waals surface area contributed by atoms with Crippen LogP contribution in [0.3, 0.4) is 0 Å². The highest BCUT2D eigenvalue weighted by atomic mass is 16.5. The number of likely N-dealkylation sites (N-methyl/N-ethyl adjacent to an activating group) is 1. The maximum absolute atomic E-state index is 12.4. The highest BCUT2D eigenvalue weighted by Gasteiger charge is 2.23. The number of nitrogens with one attached hydrogen (secondary N) is 1. The van der Waals surface area contributed by atoms with Crippen LogP contribution in [0.2, 0.25) is 0 Å². The SMILES string of the molecule is CCNc1ccc(C(=O)N(CC)CC2CCCO2)nn1. The van der Waals surface area contributed by atoms with E-state index in [1.54, 1.807) is 17.0 Å². The van der Waals surface area contributed by atoms with Crippen LogP contribution in [0.15, 0.2) is 12.1 Å². The fourth-order valence-electron chi connectivity index (χ4n) is 2.27. The Morgan fingerprint density at radius 1 is 1.45 bits per heavy atom. The number of carbonyl (C=O) groups is 1. The van der Waals surface area contributed by atoms with E-state index in [-0.39, 0.29) is 12.0 Å². The van der Waals surface area contributed by atoms with E-state index in [4.69, 9.17) is 4.74 Å². The van der Waals surface area contributed by atoms with Gasteiger partial charge in [0.15, 0.2) is 5.69 Å². The molecule has 1 saturated heterocycles. The second-order valence-corrected chi connectivity index (χ2v) is 4.81. The summed E-state index contributed by atoms with van der Waals surface area (Å²) in [7, 11) is 0. The Morgan fingerprint density at radius 3 is 2.85 bits per heavy atom. The number of carbonyl (C=O) groups excluding carboxylic acids is 1. The maximum Gasteiger partial charge on any atom is 0.274 e. The molecule has 6 nitrogen and oxygen atoms in total. The van der Waals surface area contributed by atoms with Gasteiger partial charge in [0.05, 0.1) is 6.10 Å². The lowest BCUT2D eigenvalue weighted by molar-refractivity contribution is 0.0534. The summed E-state index contributed by atoms with van der Waals surface area (Å²) in [5, 5.41) is 11.1. The summed E-state index contributed by atoms with van der Waals surface area (Å²) >= 11 is 0. The molecule has 1 fully saturated rings. The first-order chi connectivity index (χ1) is 9.74. The van der Waals surface area contributed by atoms with Gasteiger partial charge >= 0.3 is 0 Å². The van der Waals surface area contributed by atoms with Crippen molar-refractivity contribution >= 4 is 11.7 Å². The minimum Gasteiger partial charge on any atom is -0.376 e. The van der Waals surface area contributed by atoms with E-state index >= 15 is 0 Å². The first-order valence-electron chi connectivity index (χ1n) is 7.23. The van der Waals surface area contributed by atoms with Crippen LogP contribution in [0.4, 0.5) is 5.82 Å². The number of amides is 1. The van der Waals surface area contributed by atoms with E-state index < -0.39 is 0 Å². The predicted molar refractivity (Wildman–Crippen MR) is 76.7 cm³/mol. The van der Waals surface area contributed by atoms with Crippen LogP contribution in [-0.2, 0) is 4.74 Å². The Balaban J connectivity index is 1.99. The Labute approximate surface area is 119 Å². The van der Waals surface area contributed by atoms with Gasteiger partial charge in [-0.25, -0.2) is 0 Å². The zero-order valence-corrected chi connectivity index (χ0v) is 12.1. The third-order valence-corrected chi connectivity index (χ3v) is 3.36. The van der Waals surface area contributed by atoms with Crippen molar-refractivity contribution in [3.8, 4) is 0 Å². The number of hydrogen-bond acceptors (Lipinski definition) is 5. The van der Waals surface area contributed by atoms with Crippen LogP contribution in [0.25, 0.3) is 0 Å². The quantitative estimate of drug-likeness (QED) is 0.855. The van der Waals surface area contributed by atoms with Crippen molar-refractivity contribution in [2.45, 2.75) is 32.8 Å². The van der Waals surface area contributed by atoms with Crippen LogP contribution in [0.5, 0.6) is 0 Å². The summed E-state index contributed by atoms with van der Waals surface area (Å²) in [6.45, 7) is 6.81. The molecule has 0 aromatic carbocycles. The molecule has 20 heavy (non-hydrogen) atoms. The van der Waals surface area contributed by atoms with Crippen LogP contribution in [0, 0.1) is 0 Å². The molecule has 1 aromatic heterocycles. The molecular weight excluding hydrogens is 256 g/mol. The summed E-state index contributed by atoms with van der Waals surface area (Å²) in [6, 6.07) is 3.50. The molecule has 2 rings (SSSR count). The standard InChI is InChI=1S/C14H22N4O2/c1-3-15-13-8-7-12(16-17-13)14(19)18(4-2)10-11-6-5-9-20-11/h7-8,11H,3-6,9-10H2,1-2H3,(H,15,17). The number of aromatic nitrogens is 2. The van der Waals surface area contributed by atoms with Gasteiger partial charge in [-0.15, -0.1) is 10.2 Å². The molecule has 1 aromatic rings. The first-order valence-corrected chi connectivity index (χ1v) is 7.23. The number of hydrogen-bond donors (Lipinski definition) is 1. The second-order valence-electron chi connectivity index (χ2n) is 4.81. The van der Waals surface area contributed by atoms with Crippen LogP contribution < -0.4 is 5.32 Å². The minimum absolute atomic E-state index is 0.0847. The van der Waals surface area contributed by atoms with Gasteiger partial charge in [0.25, 0.3) is 5.91 Å². The molecule has 6 heteroatoms. The van der Waals surface area contributed by atoms with Gasteiger partial charge in [0, 0.05) is 26.2 Å². The Bertz CT molecular complexity index is 429. The molecule has 1 aliphatic heterocycles. The van der Waals surface area contributed by atoms with Crippen LogP contribution >= 0.6 is 0 Å². The molecule has 1 N–H and O–H groups in total. The highest BCUT2D eigenvalue weighted by Crippen LogP contribution is 2.14. The summed E-state index contributed by atoms with van der Waals surface area (Å²) in [5.74, 6) is 0.602. The fourth-order valence-corrected chi connectivity index (χ4v) is 2.27. The molecule has 2 heterocycles. The van der Waals surface area contributed by atoms with Crippen LogP contribution in [0.1, 0.15) is 37.2 Å². The molecule has 0 aliphatic carbocycles. The number of anilines is 1. The smallest absolute Gasteiger partial charge is 0.274 e. The van der Waals surface area contributed by atoms with Crippen molar-refractivity contribution in [2.75, 3.05) is 31.6 Å². The summed E-state index contributed by atoms with van der Waals surface area (Å²) in [5.41, 5.74) is 0.381. The van der Waals surface area contributed by atoms with Crippen molar-refractivity contribution in [3.63, 3.8) is 0 Å². The molecule has 0 bridgehead atoms. The molecule has 0 radical (unpaired) electrons. The van der Waals surface area contributed by atoms with Crippen molar-refractivity contribution in [3.05, 3.63) is 17.8 Å². The monoisotopic (exact) mass is 278 g/mol. The highest BCUT2D eigenvalue weighted by molar-refractivity contribution is 5.92. The minimum atomic E-state index is -0.0847. The zero-order valence-electron chi connectivity index (χ0n) is 12.1.